The molecule has 0 spiro atoms. The molecule has 3 nitrogen and oxygen atoms in total. The first-order valence-electron chi connectivity index (χ1n) is 7.73. The maximum atomic E-state index is 12.3. The first kappa shape index (κ1) is 18.3. The first-order chi connectivity index (χ1) is 10.1. The maximum absolute atomic E-state index is 12.3. The van der Waals surface area contributed by atoms with Crippen LogP contribution in [0.3, 0.4) is 0 Å². The first-order valence-corrected chi connectivity index (χ1v) is 9.21. The molecule has 0 amide bonds. The summed E-state index contributed by atoms with van der Waals surface area (Å²) in [5.41, 5.74) is 3.80. The van der Waals surface area contributed by atoms with E-state index in [2.05, 4.69) is 44.3 Å². The van der Waals surface area contributed by atoms with Crippen LogP contribution in [-0.2, 0) is 15.5 Å². The zero-order valence-corrected chi connectivity index (χ0v) is 14.6. The summed E-state index contributed by atoms with van der Waals surface area (Å²) in [6.45, 7) is 8.02. The number of methoxy groups -OCH3 is 1. The number of aryl methyl sites for hydroxylation is 2. The lowest BCUT2D eigenvalue weighted by Crippen LogP contribution is -2.28. The molecule has 0 bridgehead atoms. The Balaban J connectivity index is 2.75. The summed E-state index contributed by atoms with van der Waals surface area (Å²) in [5.74, 6) is 1.39. The molecule has 0 saturated heterocycles. The second-order valence-corrected chi connectivity index (χ2v) is 7.14. The smallest absolute Gasteiger partial charge is 0.0471 e. The van der Waals surface area contributed by atoms with Crippen LogP contribution in [0.1, 0.15) is 42.5 Å². The Morgan fingerprint density at radius 1 is 1.33 bits per heavy atom. The van der Waals surface area contributed by atoms with Gasteiger partial charge in [0.25, 0.3) is 0 Å². The number of benzene rings is 1. The van der Waals surface area contributed by atoms with Gasteiger partial charge in [0.1, 0.15) is 0 Å². The number of nitrogens with one attached hydrogen (secondary N) is 1. The van der Waals surface area contributed by atoms with E-state index < -0.39 is 10.8 Å². The number of ether oxygens (including phenoxy) is 1. The van der Waals surface area contributed by atoms with Crippen molar-refractivity contribution in [2.24, 2.45) is 0 Å². The van der Waals surface area contributed by atoms with Crippen molar-refractivity contribution in [3.05, 3.63) is 34.9 Å². The molecule has 0 heterocycles. The lowest BCUT2D eigenvalue weighted by Gasteiger charge is -2.21. The van der Waals surface area contributed by atoms with Crippen molar-refractivity contribution in [3.8, 4) is 0 Å². The second kappa shape index (κ2) is 10.1. The molecule has 1 rings (SSSR count). The molecule has 0 aliphatic heterocycles. The van der Waals surface area contributed by atoms with Crippen molar-refractivity contribution in [2.75, 3.05) is 31.8 Å². The Morgan fingerprint density at radius 2 is 2.10 bits per heavy atom. The highest BCUT2D eigenvalue weighted by atomic mass is 32.2. The van der Waals surface area contributed by atoms with Gasteiger partial charge in [0.2, 0.25) is 0 Å². The molecular formula is C17H29NO2S. The Hall–Kier alpha value is -0.710. The topological polar surface area (TPSA) is 38.3 Å². The van der Waals surface area contributed by atoms with Crippen LogP contribution < -0.4 is 5.32 Å². The number of rotatable bonds is 10. The van der Waals surface area contributed by atoms with E-state index >= 15 is 0 Å². The summed E-state index contributed by atoms with van der Waals surface area (Å²) >= 11 is 0. The fourth-order valence-corrected chi connectivity index (χ4v) is 3.62. The standard InChI is InChI=1S/C17H29NO2S/c1-5-9-18-17(13-21(19)11-6-10-20-4)16-12-14(2)7-8-15(16)3/h7-8,12,17-18H,5-6,9-11,13H2,1-4H3. The molecule has 0 aliphatic rings. The number of hydrogen-bond donors (Lipinski definition) is 1. The zero-order valence-electron chi connectivity index (χ0n) is 13.8. The van der Waals surface area contributed by atoms with E-state index in [1.807, 2.05) is 0 Å². The van der Waals surface area contributed by atoms with Gasteiger partial charge in [-0.2, -0.15) is 0 Å². The van der Waals surface area contributed by atoms with E-state index in [1.54, 1.807) is 7.11 Å². The van der Waals surface area contributed by atoms with Gasteiger partial charge in [0, 0.05) is 42.1 Å². The monoisotopic (exact) mass is 311 g/mol. The zero-order chi connectivity index (χ0) is 15.7. The molecule has 4 heteroatoms. The van der Waals surface area contributed by atoms with Crippen molar-refractivity contribution in [3.63, 3.8) is 0 Å². The van der Waals surface area contributed by atoms with Crippen molar-refractivity contribution in [1.29, 1.82) is 0 Å². The van der Waals surface area contributed by atoms with Crippen LogP contribution in [0.5, 0.6) is 0 Å². The Morgan fingerprint density at radius 3 is 2.76 bits per heavy atom. The van der Waals surface area contributed by atoms with Gasteiger partial charge < -0.3 is 10.1 Å². The van der Waals surface area contributed by atoms with Crippen LogP contribution in [0, 0.1) is 13.8 Å². The SMILES string of the molecule is CCCNC(CS(=O)CCCOC)c1cc(C)ccc1C. The van der Waals surface area contributed by atoms with E-state index in [1.165, 1.54) is 16.7 Å². The Bertz CT molecular complexity index is 448. The summed E-state index contributed by atoms with van der Waals surface area (Å²) in [6.07, 6.45) is 1.94. The summed E-state index contributed by atoms with van der Waals surface area (Å²) < 4.78 is 17.3. The molecule has 21 heavy (non-hydrogen) atoms. The number of hydrogen-bond acceptors (Lipinski definition) is 3. The van der Waals surface area contributed by atoms with Crippen molar-refractivity contribution in [2.45, 2.75) is 39.7 Å². The normalized spacial score (nSPS) is 14.1. The Kier molecular flexibility index (Phi) is 8.81. The molecule has 120 valence electrons. The van der Waals surface area contributed by atoms with Crippen LogP contribution in [0.2, 0.25) is 0 Å². The summed E-state index contributed by atoms with van der Waals surface area (Å²) in [6, 6.07) is 6.67. The lowest BCUT2D eigenvalue weighted by atomic mass is 10.00. The average molecular weight is 311 g/mol. The molecule has 0 fully saturated rings. The van der Waals surface area contributed by atoms with Gasteiger partial charge >= 0.3 is 0 Å². The molecule has 0 radical (unpaired) electrons. The van der Waals surface area contributed by atoms with Crippen LogP contribution in [0.15, 0.2) is 18.2 Å². The third-order valence-corrected chi connectivity index (χ3v) is 4.97. The van der Waals surface area contributed by atoms with Gasteiger partial charge in [-0.3, -0.25) is 4.21 Å². The summed E-state index contributed by atoms with van der Waals surface area (Å²) in [4.78, 5) is 0. The quantitative estimate of drug-likeness (QED) is 0.675. The van der Waals surface area contributed by atoms with Gasteiger partial charge in [0.05, 0.1) is 0 Å². The lowest BCUT2D eigenvalue weighted by molar-refractivity contribution is 0.200. The Labute approximate surface area is 131 Å². The van der Waals surface area contributed by atoms with E-state index in [4.69, 9.17) is 4.74 Å². The second-order valence-electron chi connectivity index (χ2n) is 5.52. The molecule has 2 atom stereocenters. The van der Waals surface area contributed by atoms with Crippen molar-refractivity contribution >= 4 is 10.8 Å². The molecular weight excluding hydrogens is 282 g/mol. The van der Waals surface area contributed by atoms with E-state index in [-0.39, 0.29) is 6.04 Å². The van der Waals surface area contributed by atoms with Gasteiger partial charge in [0.15, 0.2) is 0 Å². The van der Waals surface area contributed by atoms with Crippen LogP contribution in [0.4, 0.5) is 0 Å². The predicted molar refractivity (Wildman–Crippen MR) is 91.3 cm³/mol. The molecule has 0 aliphatic carbocycles. The molecule has 0 aromatic heterocycles. The van der Waals surface area contributed by atoms with Gasteiger partial charge in [-0.15, -0.1) is 0 Å². The average Bonchev–Trinajstić information content (AvgIpc) is 2.46. The molecule has 1 N–H and O–H groups in total. The van der Waals surface area contributed by atoms with E-state index in [9.17, 15) is 4.21 Å². The maximum Gasteiger partial charge on any atom is 0.0471 e. The predicted octanol–water partition coefficient (Wildman–Crippen LogP) is 3.13. The minimum Gasteiger partial charge on any atom is -0.385 e. The molecule has 0 saturated carbocycles. The van der Waals surface area contributed by atoms with Gasteiger partial charge in [-0.05, 0) is 44.4 Å². The highest BCUT2D eigenvalue weighted by molar-refractivity contribution is 7.85. The molecule has 1 aromatic rings. The molecule has 2 unspecified atom stereocenters. The fraction of sp³-hybridized carbons (Fsp3) is 0.647. The highest BCUT2D eigenvalue weighted by Gasteiger charge is 2.16. The van der Waals surface area contributed by atoms with Crippen molar-refractivity contribution < 1.29 is 8.95 Å². The largest absolute Gasteiger partial charge is 0.385 e. The van der Waals surface area contributed by atoms with Crippen LogP contribution in [0.25, 0.3) is 0 Å². The van der Waals surface area contributed by atoms with E-state index in [0.717, 1.165) is 19.4 Å². The summed E-state index contributed by atoms with van der Waals surface area (Å²) in [5, 5.41) is 3.55. The van der Waals surface area contributed by atoms with Crippen LogP contribution >= 0.6 is 0 Å². The minimum absolute atomic E-state index is 0.174. The van der Waals surface area contributed by atoms with Gasteiger partial charge in [-0.25, -0.2) is 0 Å². The van der Waals surface area contributed by atoms with Crippen LogP contribution in [-0.4, -0.2) is 36.0 Å². The third-order valence-electron chi connectivity index (χ3n) is 3.52. The minimum atomic E-state index is -0.813. The highest BCUT2D eigenvalue weighted by Crippen LogP contribution is 2.20. The fourth-order valence-electron chi connectivity index (χ4n) is 2.35. The van der Waals surface area contributed by atoms with E-state index in [0.29, 0.717) is 18.1 Å². The van der Waals surface area contributed by atoms with Crippen molar-refractivity contribution in [1.82, 2.24) is 5.32 Å². The third kappa shape index (κ3) is 6.72. The van der Waals surface area contributed by atoms with Gasteiger partial charge in [-0.1, -0.05) is 30.7 Å². The summed E-state index contributed by atoms with van der Waals surface area (Å²) in [7, 11) is 0.872. The molecule has 1 aromatic carbocycles.